The maximum absolute atomic E-state index is 13.8. The van der Waals surface area contributed by atoms with Gasteiger partial charge in [-0.25, -0.2) is 4.39 Å². The van der Waals surface area contributed by atoms with E-state index in [1.165, 1.54) is 12.1 Å². The molecule has 0 aliphatic carbocycles. The Morgan fingerprint density at radius 3 is 2.23 bits per heavy atom. The van der Waals surface area contributed by atoms with Gasteiger partial charge in [0.15, 0.2) is 0 Å². The number of benzene rings is 2. The predicted molar refractivity (Wildman–Crippen MR) is 133 cm³/mol. The highest BCUT2D eigenvalue weighted by molar-refractivity contribution is 7.86. The van der Waals surface area contributed by atoms with Crippen molar-refractivity contribution in [1.82, 2.24) is 10.2 Å². The number of hydrogen-bond donors (Lipinski definition) is 1. The molecule has 39 heavy (non-hydrogen) atoms. The average molecular weight is 579 g/mol. The molecule has 214 valence electrons. The van der Waals surface area contributed by atoms with E-state index in [-0.39, 0.29) is 54.7 Å². The van der Waals surface area contributed by atoms with Gasteiger partial charge in [0.2, 0.25) is 5.91 Å². The van der Waals surface area contributed by atoms with Crippen LogP contribution in [0.15, 0.2) is 36.4 Å². The number of nitrogens with zero attached hydrogens (tertiary/aromatic N) is 1. The Hall–Kier alpha value is -2.47. The Labute approximate surface area is 224 Å². The van der Waals surface area contributed by atoms with Gasteiger partial charge < -0.3 is 5.32 Å². The first-order valence-electron chi connectivity index (χ1n) is 12.6. The summed E-state index contributed by atoms with van der Waals surface area (Å²) in [5.41, 5.74) is -1.29. The summed E-state index contributed by atoms with van der Waals surface area (Å²) in [5, 5.41) is 2.80. The van der Waals surface area contributed by atoms with Gasteiger partial charge in [-0.15, -0.1) is 0 Å². The lowest BCUT2D eigenvalue weighted by Crippen LogP contribution is -2.56. The lowest BCUT2D eigenvalue weighted by Gasteiger charge is -2.44. The molecule has 2 saturated heterocycles. The highest BCUT2D eigenvalue weighted by Crippen LogP contribution is 2.38. The van der Waals surface area contributed by atoms with Gasteiger partial charge in [-0.3, -0.25) is 13.9 Å². The first kappa shape index (κ1) is 29.5. The summed E-state index contributed by atoms with van der Waals surface area (Å²) in [6, 6.07) is 6.10. The second-order valence-electron chi connectivity index (χ2n) is 10.2. The van der Waals surface area contributed by atoms with Gasteiger partial charge in [-0.05, 0) is 79.8 Å². The highest BCUT2D eigenvalue weighted by atomic mass is 32.2. The minimum absolute atomic E-state index is 0.0768. The number of likely N-dealkylation sites (tertiary alicyclic amines) is 1. The summed E-state index contributed by atoms with van der Waals surface area (Å²) in [4.78, 5) is 15.4. The molecule has 0 unspecified atom stereocenters. The third kappa shape index (κ3) is 7.19. The van der Waals surface area contributed by atoms with Crippen molar-refractivity contribution in [3.8, 4) is 0 Å². The van der Waals surface area contributed by atoms with Crippen molar-refractivity contribution in [3.05, 3.63) is 70.0 Å². The number of hydrogen-bond acceptors (Lipinski definition) is 3. The van der Waals surface area contributed by atoms with Crippen LogP contribution in [0.5, 0.6) is 0 Å². The number of piperidine rings is 1. The van der Waals surface area contributed by atoms with Crippen LogP contribution in [0.25, 0.3) is 0 Å². The molecular formula is C27H29F7N2O2S. The number of carbonyl (C=O) groups is 1. The van der Waals surface area contributed by atoms with Crippen LogP contribution in [-0.2, 0) is 34.4 Å². The Bertz CT molecular complexity index is 1190. The smallest absolute Gasteiger partial charge is 0.356 e. The third-order valence-electron chi connectivity index (χ3n) is 7.47. The van der Waals surface area contributed by atoms with E-state index in [0.29, 0.717) is 48.7 Å². The maximum Gasteiger partial charge on any atom is 0.416 e. The first-order valence-corrected chi connectivity index (χ1v) is 14.1. The minimum atomic E-state index is -4.92. The number of nitrogens with one attached hydrogen (secondary N) is 1. The molecule has 2 aromatic carbocycles. The molecule has 4 rings (SSSR count). The van der Waals surface area contributed by atoms with Gasteiger partial charge in [-0.2, -0.15) is 26.3 Å². The summed E-state index contributed by atoms with van der Waals surface area (Å²) in [7, 11) is -0.834. The van der Waals surface area contributed by atoms with Gasteiger partial charge >= 0.3 is 12.4 Å². The number of halogens is 7. The van der Waals surface area contributed by atoms with E-state index in [2.05, 4.69) is 10.2 Å². The monoisotopic (exact) mass is 578 g/mol. The van der Waals surface area contributed by atoms with Crippen molar-refractivity contribution < 1.29 is 39.7 Å². The van der Waals surface area contributed by atoms with E-state index in [0.717, 1.165) is 5.56 Å². The molecule has 2 atom stereocenters. The predicted octanol–water partition coefficient (Wildman–Crippen LogP) is 5.46. The first-order chi connectivity index (χ1) is 18.2. The van der Waals surface area contributed by atoms with Crippen LogP contribution in [0, 0.1) is 18.7 Å². The molecular weight excluding hydrogens is 549 g/mol. The van der Waals surface area contributed by atoms with Crippen molar-refractivity contribution in [2.24, 2.45) is 5.92 Å². The van der Waals surface area contributed by atoms with E-state index in [4.69, 9.17) is 0 Å². The molecule has 1 N–H and O–H groups in total. The van der Waals surface area contributed by atoms with Crippen LogP contribution in [0.1, 0.15) is 46.6 Å². The molecule has 2 aliphatic rings. The molecule has 2 aromatic rings. The zero-order valence-electron chi connectivity index (χ0n) is 21.2. The van der Waals surface area contributed by atoms with Crippen LogP contribution in [0.4, 0.5) is 30.7 Å². The molecule has 2 aliphatic heterocycles. The van der Waals surface area contributed by atoms with Crippen LogP contribution in [-0.4, -0.2) is 52.2 Å². The SMILES string of the molecule is Cc1cc(F)ccc1[C@H]1CN(C2CS(=O)C2)CC[C@@H]1C(=O)NCCCc1cc(C(F)(F)F)cc(C(F)(F)F)c1. The zero-order valence-corrected chi connectivity index (χ0v) is 22.0. The van der Waals surface area contributed by atoms with Crippen LogP contribution in [0.3, 0.4) is 0 Å². The summed E-state index contributed by atoms with van der Waals surface area (Å²) >= 11 is 0. The maximum atomic E-state index is 13.8. The lowest BCUT2D eigenvalue weighted by molar-refractivity contribution is -0.143. The van der Waals surface area contributed by atoms with Gasteiger partial charge in [0.05, 0.1) is 11.1 Å². The van der Waals surface area contributed by atoms with Crippen molar-refractivity contribution in [3.63, 3.8) is 0 Å². The Morgan fingerprint density at radius 2 is 1.67 bits per heavy atom. The number of amides is 1. The quantitative estimate of drug-likeness (QED) is 0.351. The minimum Gasteiger partial charge on any atom is -0.356 e. The average Bonchev–Trinajstić information content (AvgIpc) is 2.83. The number of alkyl halides is 6. The van der Waals surface area contributed by atoms with Gasteiger partial charge in [0.1, 0.15) is 5.82 Å². The molecule has 0 aromatic heterocycles. The Balaban J connectivity index is 1.42. The summed E-state index contributed by atoms with van der Waals surface area (Å²) in [5.74, 6) is -0.175. The number of rotatable bonds is 7. The van der Waals surface area contributed by atoms with Crippen molar-refractivity contribution >= 4 is 16.7 Å². The van der Waals surface area contributed by atoms with Crippen molar-refractivity contribution in [1.29, 1.82) is 0 Å². The van der Waals surface area contributed by atoms with Crippen molar-refractivity contribution in [2.45, 2.75) is 50.5 Å². The zero-order chi connectivity index (χ0) is 28.5. The van der Waals surface area contributed by atoms with Gasteiger partial charge in [0, 0.05) is 53.3 Å². The fourth-order valence-corrected chi connectivity index (χ4v) is 6.57. The van der Waals surface area contributed by atoms with E-state index >= 15 is 0 Å². The number of aryl methyl sites for hydroxylation is 2. The molecule has 1 amide bonds. The molecule has 2 fully saturated rings. The Kier molecular flexibility index (Phi) is 8.75. The summed E-state index contributed by atoms with van der Waals surface area (Å²) < 4.78 is 104. The van der Waals surface area contributed by atoms with E-state index in [1.54, 1.807) is 13.0 Å². The fourth-order valence-electron chi connectivity index (χ4n) is 5.38. The largest absolute Gasteiger partial charge is 0.416 e. The lowest BCUT2D eigenvalue weighted by atomic mass is 9.78. The number of carbonyl (C=O) groups excluding carboxylic acids is 1. The molecule has 2 heterocycles. The van der Waals surface area contributed by atoms with Crippen LogP contribution < -0.4 is 5.32 Å². The fraction of sp³-hybridized carbons (Fsp3) is 0.519. The molecule has 12 heteroatoms. The van der Waals surface area contributed by atoms with Crippen molar-refractivity contribution in [2.75, 3.05) is 31.1 Å². The molecule has 0 radical (unpaired) electrons. The molecule has 0 saturated carbocycles. The summed E-state index contributed by atoms with van der Waals surface area (Å²) in [6.45, 7) is 3.01. The Morgan fingerprint density at radius 1 is 1.03 bits per heavy atom. The van der Waals surface area contributed by atoms with E-state index in [9.17, 15) is 39.7 Å². The highest BCUT2D eigenvalue weighted by Gasteiger charge is 2.41. The van der Waals surface area contributed by atoms with E-state index in [1.807, 2.05) is 0 Å². The van der Waals surface area contributed by atoms with Crippen LogP contribution >= 0.6 is 0 Å². The normalized spacial score (nSPS) is 24.3. The molecule has 0 spiro atoms. The molecule has 4 nitrogen and oxygen atoms in total. The topological polar surface area (TPSA) is 49.4 Å². The summed E-state index contributed by atoms with van der Waals surface area (Å²) in [6.07, 6.45) is -9.25. The van der Waals surface area contributed by atoms with Gasteiger partial charge in [-0.1, -0.05) is 6.07 Å². The third-order valence-corrected chi connectivity index (χ3v) is 8.99. The standard InChI is InChI=1S/C27H29F7N2O2S/c1-16-9-20(28)4-5-22(16)24-13-36(21-14-39(38)15-21)8-6-23(24)25(37)35-7-2-3-17-10-18(26(29,30)31)12-19(11-17)27(32,33)34/h4-5,9-12,21,23-24H,2-3,6-8,13-15H2,1H3,(H,35,37)/t21?,23-,24+,39?/m0/s1. The van der Waals surface area contributed by atoms with Crippen LogP contribution in [0.2, 0.25) is 0 Å². The van der Waals surface area contributed by atoms with E-state index < -0.39 is 40.2 Å². The second-order valence-corrected chi connectivity index (χ2v) is 11.8. The van der Waals surface area contributed by atoms with Gasteiger partial charge in [0.25, 0.3) is 0 Å². The second kappa shape index (κ2) is 11.6. The molecule has 0 bridgehead atoms.